The SMILES string of the molecule is CC(/C=C/c1ccccn1)=C\c1ccc(OCCN(C)C)cc1. The van der Waals surface area contributed by atoms with E-state index in [1.54, 1.807) is 6.20 Å². The largest absolute Gasteiger partial charge is 0.492 e. The van der Waals surface area contributed by atoms with E-state index in [1.807, 2.05) is 50.5 Å². The predicted molar refractivity (Wildman–Crippen MR) is 97.4 cm³/mol. The van der Waals surface area contributed by atoms with Gasteiger partial charge in [0.15, 0.2) is 0 Å². The van der Waals surface area contributed by atoms with Crippen LogP contribution in [-0.4, -0.2) is 37.1 Å². The summed E-state index contributed by atoms with van der Waals surface area (Å²) >= 11 is 0. The Bertz CT molecular complexity index is 643. The molecule has 0 unspecified atom stereocenters. The normalized spacial score (nSPS) is 12.1. The van der Waals surface area contributed by atoms with Crippen LogP contribution in [0.15, 0.2) is 60.3 Å². The van der Waals surface area contributed by atoms with Crippen LogP contribution in [0.3, 0.4) is 0 Å². The van der Waals surface area contributed by atoms with Crippen molar-refractivity contribution in [3.63, 3.8) is 0 Å². The number of aromatic nitrogens is 1. The molecule has 2 rings (SSSR count). The van der Waals surface area contributed by atoms with Gasteiger partial charge in [0.05, 0.1) is 5.69 Å². The van der Waals surface area contributed by atoms with Crippen LogP contribution in [0.2, 0.25) is 0 Å². The molecule has 1 heterocycles. The maximum Gasteiger partial charge on any atom is 0.119 e. The van der Waals surface area contributed by atoms with Crippen LogP contribution >= 0.6 is 0 Å². The van der Waals surface area contributed by atoms with E-state index in [0.29, 0.717) is 6.61 Å². The number of pyridine rings is 1. The van der Waals surface area contributed by atoms with E-state index < -0.39 is 0 Å². The van der Waals surface area contributed by atoms with Crippen molar-refractivity contribution >= 4 is 12.2 Å². The highest BCUT2D eigenvalue weighted by molar-refractivity contribution is 5.60. The smallest absolute Gasteiger partial charge is 0.119 e. The maximum absolute atomic E-state index is 5.70. The van der Waals surface area contributed by atoms with Crippen LogP contribution in [0.1, 0.15) is 18.2 Å². The maximum atomic E-state index is 5.70. The molecule has 0 fully saturated rings. The molecule has 0 aliphatic heterocycles. The van der Waals surface area contributed by atoms with Crippen LogP contribution in [0, 0.1) is 0 Å². The summed E-state index contributed by atoms with van der Waals surface area (Å²) in [5, 5.41) is 0. The molecule has 0 saturated heterocycles. The van der Waals surface area contributed by atoms with E-state index in [-0.39, 0.29) is 0 Å². The lowest BCUT2D eigenvalue weighted by Gasteiger charge is -2.11. The zero-order valence-electron chi connectivity index (χ0n) is 14.1. The second-order valence-electron chi connectivity index (χ2n) is 5.70. The fourth-order valence-electron chi connectivity index (χ4n) is 2.01. The molecule has 0 bridgehead atoms. The van der Waals surface area contributed by atoms with E-state index in [2.05, 4.69) is 41.1 Å². The number of likely N-dealkylation sites (N-methyl/N-ethyl adjacent to an activating group) is 1. The highest BCUT2D eigenvalue weighted by Crippen LogP contribution is 2.15. The molecule has 3 heteroatoms. The molecule has 1 aromatic heterocycles. The van der Waals surface area contributed by atoms with E-state index in [9.17, 15) is 0 Å². The van der Waals surface area contributed by atoms with Gasteiger partial charge in [-0.3, -0.25) is 4.98 Å². The molecule has 2 aromatic rings. The minimum Gasteiger partial charge on any atom is -0.492 e. The Labute approximate surface area is 138 Å². The second-order valence-corrected chi connectivity index (χ2v) is 5.70. The molecule has 1 aromatic carbocycles. The summed E-state index contributed by atoms with van der Waals surface area (Å²) in [7, 11) is 4.08. The molecule has 0 aliphatic rings. The Kier molecular flexibility index (Phi) is 6.57. The Balaban J connectivity index is 1.92. The summed E-state index contributed by atoms with van der Waals surface area (Å²) < 4.78 is 5.70. The van der Waals surface area contributed by atoms with Gasteiger partial charge in [-0.2, -0.15) is 0 Å². The lowest BCUT2D eigenvalue weighted by molar-refractivity contribution is 0.261. The lowest BCUT2D eigenvalue weighted by Crippen LogP contribution is -2.19. The first-order chi connectivity index (χ1) is 11.1. The number of ether oxygens (including phenoxy) is 1. The van der Waals surface area contributed by atoms with Gasteiger partial charge >= 0.3 is 0 Å². The standard InChI is InChI=1S/C20H24N2O/c1-17(7-10-19-6-4-5-13-21-19)16-18-8-11-20(12-9-18)23-15-14-22(2)3/h4-13,16H,14-15H2,1-3H3/b10-7+,17-16+. The van der Waals surface area contributed by atoms with Gasteiger partial charge in [0.2, 0.25) is 0 Å². The minimum atomic E-state index is 0.702. The summed E-state index contributed by atoms with van der Waals surface area (Å²) in [6.07, 6.45) is 8.03. The molecule has 0 amide bonds. The zero-order valence-corrected chi connectivity index (χ0v) is 14.1. The number of benzene rings is 1. The second kappa shape index (κ2) is 8.91. The fourth-order valence-corrected chi connectivity index (χ4v) is 2.01. The molecule has 0 aliphatic carbocycles. The first-order valence-corrected chi connectivity index (χ1v) is 7.78. The van der Waals surface area contributed by atoms with Crippen molar-refractivity contribution in [2.45, 2.75) is 6.92 Å². The van der Waals surface area contributed by atoms with Gasteiger partial charge < -0.3 is 9.64 Å². The van der Waals surface area contributed by atoms with Gasteiger partial charge in [-0.15, -0.1) is 0 Å². The molecule has 120 valence electrons. The van der Waals surface area contributed by atoms with Crippen LogP contribution in [0.25, 0.3) is 12.2 Å². The van der Waals surface area contributed by atoms with Gasteiger partial charge in [-0.1, -0.05) is 35.9 Å². The predicted octanol–water partition coefficient (Wildman–Crippen LogP) is 4.14. The number of allylic oxidation sites excluding steroid dienone is 2. The summed E-state index contributed by atoms with van der Waals surface area (Å²) in [6, 6.07) is 14.1. The van der Waals surface area contributed by atoms with Crippen LogP contribution in [0.4, 0.5) is 0 Å². The molecule has 0 spiro atoms. The summed E-state index contributed by atoms with van der Waals surface area (Å²) in [4.78, 5) is 6.38. The third-order valence-electron chi connectivity index (χ3n) is 3.29. The zero-order chi connectivity index (χ0) is 16.5. The van der Waals surface area contributed by atoms with Gasteiger partial charge in [-0.25, -0.2) is 0 Å². The topological polar surface area (TPSA) is 25.4 Å². The van der Waals surface area contributed by atoms with E-state index in [1.165, 1.54) is 5.57 Å². The Morgan fingerprint density at radius 2 is 1.91 bits per heavy atom. The average molecular weight is 308 g/mol. The summed E-state index contributed by atoms with van der Waals surface area (Å²) in [5.41, 5.74) is 3.30. The molecule has 3 nitrogen and oxygen atoms in total. The molecule has 23 heavy (non-hydrogen) atoms. The first kappa shape index (κ1) is 17.0. The van der Waals surface area contributed by atoms with Crippen LogP contribution in [-0.2, 0) is 0 Å². The third kappa shape index (κ3) is 6.49. The summed E-state index contributed by atoms with van der Waals surface area (Å²) in [6.45, 7) is 3.70. The monoisotopic (exact) mass is 308 g/mol. The quantitative estimate of drug-likeness (QED) is 0.719. The lowest BCUT2D eigenvalue weighted by atomic mass is 10.1. The molecule has 0 atom stereocenters. The van der Waals surface area contributed by atoms with Crippen molar-refractivity contribution in [3.8, 4) is 5.75 Å². The van der Waals surface area contributed by atoms with Crippen molar-refractivity contribution in [2.75, 3.05) is 27.2 Å². The van der Waals surface area contributed by atoms with Gasteiger partial charge in [0.25, 0.3) is 0 Å². The Morgan fingerprint density at radius 1 is 1.13 bits per heavy atom. The van der Waals surface area contributed by atoms with Crippen LogP contribution < -0.4 is 4.74 Å². The number of hydrogen-bond donors (Lipinski definition) is 0. The van der Waals surface area contributed by atoms with Crippen LogP contribution in [0.5, 0.6) is 5.75 Å². The Morgan fingerprint density at radius 3 is 2.57 bits per heavy atom. The van der Waals surface area contributed by atoms with Gasteiger partial charge in [0, 0.05) is 12.7 Å². The van der Waals surface area contributed by atoms with E-state index in [4.69, 9.17) is 4.74 Å². The first-order valence-electron chi connectivity index (χ1n) is 7.78. The molecule has 0 saturated carbocycles. The fraction of sp³-hybridized carbons (Fsp3) is 0.250. The molecule has 0 N–H and O–H groups in total. The molecular formula is C20H24N2O. The van der Waals surface area contributed by atoms with Crippen molar-refractivity contribution in [3.05, 3.63) is 71.6 Å². The van der Waals surface area contributed by atoms with Gasteiger partial charge in [0.1, 0.15) is 12.4 Å². The molecule has 0 radical (unpaired) electrons. The van der Waals surface area contributed by atoms with Gasteiger partial charge in [-0.05, 0) is 56.9 Å². The van der Waals surface area contributed by atoms with E-state index >= 15 is 0 Å². The third-order valence-corrected chi connectivity index (χ3v) is 3.29. The Hall–Kier alpha value is -2.39. The van der Waals surface area contributed by atoms with Crippen molar-refractivity contribution < 1.29 is 4.74 Å². The summed E-state index contributed by atoms with van der Waals surface area (Å²) in [5.74, 6) is 0.908. The highest BCUT2D eigenvalue weighted by atomic mass is 16.5. The minimum absolute atomic E-state index is 0.702. The van der Waals surface area contributed by atoms with E-state index in [0.717, 1.165) is 23.6 Å². The van der Waals surface area contributed by atoms with Crippen molar-refractivity contribution in [1.29, 1.82) is 0 Å². The number of rotatable bonds is 7. The average Bonchev–Trinajstić information content (AvgIpc) is 2.55. The number of nitrogens with zero attached hydrogens (tertiary/aromatic N) is 2. The van der Waals surface area contributed by atoms with Crippen molar-refractivity contribution in [1.82, 2.24) is 9.88 Å². The molecular weight excluding hydrogens is 284 g/mol. The van der Waals surface area contributed by atoms with Crippen molar-refractivity contribution in [2.24, 2.45) is 0 Å². The highest BCUT2D eigenvalue weighted by Gasteiger charge is 1.95. The number of hydrogen-bond acceptors (Lipinski definition) is 3.